The standard InChI is InChI=1S/C9H16ClNO/c1-8-2-3-9(12)11(6-4-8)7-5-10/h8H,2-7H2,1H3. The summed E-state index contributed by atoms with van der Waals surface area (Å²) in [5.41, 5.74) is 0. The third-order valence-electron chi connectivity index (χ3n) is 2.45. The second-order valence-electron chi connectivity index (χ2n) is 3.50. The maximum absolute atomic E-state index is 11.4. The highest BCUT2D eigenvalue weighted by Gasteiger charge is 2.18. The van der Waals surface area contributed by atoms with Crippen molar-refractivity contribution in [3.8, 4) is 0 Å². The summed E-state index contributed by atoms with van der Waals surface area (Å²) in [6.07, 6.45) is 2.87. The molecule has 0 radical (unpaired) electrons. The Morgan fingerprint density at radius 1 is 1.58 bits per heavy atom. The molecule has 1 amide bonds. The molecule has 0 N–H and O–H groups in total. The maximum Gasteiger partial charge on any atom is 0.222 e. The molecule has 1 aliphatic rings. The van der Waals surface area contributed by atoms with Gasteiger partial charge in [0.1, 0.15) is 0 Å². The zero-order chi connectivity index (χ0) is 8.97. The SMILES string of the molecule is CC1CCC(=O)N(CCCl)CC1. The van der Waals surface area contributed by atoms with Crippen LogP contribution in [0.25, 0.3) is 0 Å². The van der Waals surface area contributed by atoms with Crippen LogP contribution in [0.15, 0.2) is 0 Å². The third-order valence-corrected chi connectivity index (χ3v) is 2.62. The smallest absolute Gasteiger partial charge is 0.222 e. The van der Waals surface area contributed by atoms with Gasteiger partial charge in [-0.15, -0.1) is 11.6 Å². The van der Waals surface area contributed by atoms with Crippen LogP contribution < -0.4 is 0 Å². The summed E-state index contributed by atoms with van der Waals surface area (Å²) < 4.78 is 0. The van der Waals surface area contributed by atoms with Crippen LogP contribution in [-0.2, 0) is 4.79 Å². The first-order valence-electron chi connectivity index (χ1n) is 4.57. The lowest BCUT2D eigenvalue weighted by Gasteiger charge is -2.18. The van der Waals surface area contributed by atoms with Gasteiger partial charge in [-0.25, -0.2) is 0 Å². The van der Waals surface area contributed by atoms with Crippen molar-refractivity contribution in [3.63, 3.8) is 0 Å². The Kier molecular flexibility index (Phi) is 3.86. The molecule has 1 rings (SSSR count). The molecule has 1 fully saturated rings. The van der Waals surface area contributed by atoms with Gasteiger partial charge in [0.25, 0.3) is 0 Å². The average molecular weight is 190 g/mol. The van der Waals surface area contributed by atoms with E-state index in [2.05, 4.69) is 6.92 Å². The Hall–Kier alpha value is -0.240. The summed E-state index contributed by atoms with van der Waals surface area (Å²) in [7, 11) is 0. The van der Waals surface area contributed by atoms with E-state index in [1.807, 2.05) is 4.90 Å². The van der Waals surface area contributed by atoms with Gasteiger partial charge < -0.3 is 4.90 Å². The summed E-state index contributed by atoms with van der Waals surface area (Å²) in [4.78, 5) is 13.3. The van der Waals surface area contributed by atoms with Crippen LogP contribution in [0, 0.1) is 5.92 Å². The Balaban J connectivity index is 2.44. The summed E-state index contributed by atoms with van der Waals surface area (Å²) in [5, 5.41) is 0. The minimum Gasteiger partial charge on any atom is -0.341 e. The molecule has 70 valence electrons. The van der Waals surface area contributed by atoms with Crippen molar-refractivity contribution in [2.45, 2.75) is 26.2 Å². The first-order valence-corrected chi connectivity index (χ1v) is 5.11. The van der Waals surface area contributed by atoms with Crippen molar-refractivity contribution in [2.24, 2.45) is 5.92 Å². The monoisotopic (exact) mass is 189 g/mol. The fourth-order valence-corrected chi connectivity index (χ4v) is 1.72. The van der Waals surface area contributed by atoms with Crippen molar-refractivity contribution in [1.82, 2.24) is 4.90 Å². The molecule has 0 aliphatic carbocycles. The van der Waals surface area contributed by atoms with Gasteiger partial charge in [0.2, 0.25) is 5.91 Å². The summed E-state index contributed by atoms with van der Waals surface area (Å²) in [6, 6.07) is 0. The predicted molar refractivity (Wildman–Crippen MR) is 50.3 cm³/mol. The summed E-state index contributed by atoms with van der Waals surface area (Å²) in [6.45, 7) is 3.82. The van der Waals surface area contributed by atoms with Crippen LogP contribution in [0.5, 0.6) is 0 Å². The number of carbonyl (C=O) groups excluding carboxylic acids is 1. The lowest BCUT2D eigenvalue weighted by atomic mass is 10.0. The number of halogens is 1. The minimum absolute atomic E-state index is 0.278. The fraction of sp³-hybridized carbons (Fsp3) is 0.889. The van der Waals surface area contributed by atoms with Gasteiger partial charge in [-0.1, -0.05) is 6.92 Å². The van der Waals surface area contributed by atoms with E-state index in [0.717, 1.165) is 19.4 Å². The Morgan fingerprint density at radius 2 is 2.33 bits per heavy atom. The second-order valence-corrected chi connectivity index (χ2v) is 3.88. The number of amides is 1. The van der Waals surface area contributed by atoms with Gasteiger partial charge >= 0.3 is 0 Å². The first kappa shape index (κ1) is 9.85. The second kappa shape index (κ2) is 4.70. The number of rotatable bonds is 2. The molecule has 12 heavy (non-hydrogen) atoms. The van der Waals surface area contributed by atoms with E-state index in [0.29, 0.717) is 24.8 Å². The first-order chi connectivity index (χ1) is 5.74. The van der Waals surface area contributed by atoms with Gasteiger partial charge in [0.05, 0.1) is 0 Å². The molecule has 1 heterocycles. The molecule has 1 aliphatic heterocycles. The largest absolute Gasteiger partial charge is 0.341 e. The molecule has 0 spiro atoms. The molecule has 1 unspecified atom stereocenters. The number of likely N-dealkylation sites (tertiary alicyclic amines) is 1. The predicted octanol–water partition coefficient (Wildman–Crippen LogP) is 1.87. The van der Waals surface area contributed by atoms with Gasteiger partial charge in [-0.3, -0.25) is 4.79 Å². The number of hydrogen-bond donors (Lipinski definition) is 0. The molecule has 0 bridgehead atoms. The highest BCUT2D eigenvalue weighted by molar-refractivity contribution is 6.18. The zero-order valence-corrected chi connectivity index (χ0v) is 8.31. The Morgan fingerprint density at radius 3 is 3.00 bits per heavy atom. The topological polar surface area (TPSA) is 20.3 Å². The van der Waals surface area contributed by atoms with Crippen molar-refractivity contribution in [1.29, 1.82) is 0 Å². The van der Waals surface area contributed by atoms with Crippen LogP contribution in [0.3, 0.4) is 0 Å². The molecule has 0 saturated carbocycles. The summed E-state index contributed by atoms with van der Waals surface area (Å²) in [5.74, 6) is 1.52. The quantitative estimate of drug-likeness (QED) is 0.608. The molecule has 1 atom stereocenters. The molecule has 0 aromatic rings. The van der Waals surface area contributed by atoms with Gasteiger partial charge in [0.15, 0.2) is 0 Å². The van der Waals surface area contributed by atoms with Crippen molar-refractivity contribution >= 4 is 17.5 Å². The van der Waals surface area contributed by atoms with Crippen LogP contribution >= 0.6 is 11.6 Å². The van der Waals surface area contributed by atoms with Gasteiger partial charge in [0, 0.05) is 25.4 Å². The lowest BCUT2D eigenvalue weighted by molar-refractivity contribution is -0.130. The van der Waals surface area contributed by atoms with Crippen LogP contribution in [0.4, 0.5) is 0 Å². The Bertz CT molecular complexity index is 161. The normalized spacial score (nSPS) is 25.7. The van der Waals surface area contributed by atoms with Crippen LogP contribution in [-0.4, -0.2) is 29.8 Å². The van der Waals surface area contributed by atoms with E-state index in [1.54, 1.807) is 0 Å². The number of nitrogens with zero attached hydrogens (tertiary/aromatic N) is 1. The van der Waals surface area contributed by atoms with Crippen LogP contribution in [0.1, 0.15) is 26.2 Å². The highest BCUT2D eigenvalue weighted by atomic mass is 35.5. The number of alkyl halides is 1. The zero-order valence-electron chi connectivity index (χ0n) is 7.55. The lowest BCUT2D eigenvalue weighted by Crippen LogP contribution is -2.31. The number of hydrogen-bond acceptors (Lipinski definition) is 1. The minimum atomic E-state index is 0.278. The molecule has 2 nitrogen and oxygen atoms in total. The molecular formula is C9H16ClNO. The highest BCUT2D eigenvalue weighted by Crippen LogP contribution is 2.17. The van der Waals surface area contributed by atoms with Crippen molar-refractivity contribution < 1.29 is 4.79 Å². The van der Waals surface area contributed by atoms with E-state index < -0.39 is 0 Å². The summed E-state index contributed by atoms with van der Waals surface area (Å²) >= 11 is 5.60. The van der Waals surface area contributed by atoms with Gasteiger partial charge in [-0.2, -0.15) is 0 Å². The molecule has 0 aromatic carbocycles. The maximum atomic E-state index is 11.4. The molecule has 3 heteroatoms. The molecule has 0 aromatic heterocycles. The molecule has 1 saturated heterocycles. The average Bonchev–Trinajstić information content (AvgIpc) is 2.20. The van der Waals surface area contributed by atoms with Crippen molar-refractivity contribution in [2.75, 3.05) is 19.0 Å². The Labute approximate surface area is 78.9 Å². The van der Waals surface area contributed by atoms with Gasteiger partial charge in [-0.05, 0) is 18.8 Å². The molecular weight excluding hydrogens is 174 g/mol. The van der Waals surface area contributed by atoms with E-state index in [-0.39, 0.29) is 5.91 Å². The third kappa shape index (κ3) is 2.67. The van der Waals surface area contributed by atoms with E-state index >= 15 is 0 Å². The number of carbonyl (C=O) groups is 1. The van der Waals surface area contributed by atoms with E-state index in [4.69, 9.17) is 11.6 Å². The van der Waals surface area contributed by atoms with Crippen LogP contribution in [0.2, 0.25) is 0 Å². The fourth-order valence-electron chi connectivity index (χ4n) is 1.51. The van der Waals surface area contributed by atoms with E-state index in [1.165, 1.54) is 0 Å². The van der Waals surface area contributed by atoms with E-state index in [9.17, 15) is 4.79 Å². The van der Waals surface area contributed by atoms with Crippen molar-refractivity contribution in [3.05, 3.63) is 0 Å².